The van der Waals surface area contributed by atoms with Crippen LogP contribution in [0.5, 0.6) is 0 Å². The Bertz CT molecular complexity index is 1900. The molecule has 6 rings (SSSR count). The highest BCUT2D eigenvalue weighted by Gasteiger charge is 2.32. The predicted octanol–water partition coefficient (Wildman–Crippen LogP) is 2.34. The molecule has 1 aliphatic heterocycles. The van der Waals surface area contributed by atoms with Gasteiger partial charge in [0.05, 0.1) is 6.61 Å². The van der Waals surface area contributed by atoms with Crippen molar-refractivity contribution in [2.45, 2.75) is 43.5 Å². The molecule has 3 aromatic carbocycles. The molecule has 0 aliphatic carbocycles. The van der Waals surface area contributed by atoms with Crippen LogP contribution in [0.15, 0.2) is 90.4 Å². The quantitative estimate of drug-likeness (QED) is 0.113. The number of carbonyl (C=O) groups is 4. The molecule has 12 heteroatoms. The number of hydrogen-bond acceptors (Lipinski definition) is 7. The summed E-state index contributed by atoms with van der Waals surface area (Å²) < 4.78 is 6.72. The lowest BCUT2D eigenvalue weighted by Crippen LogP contribution is -2.59. The fourth-order valence-corrected chi connectivity index (χ4v) is 6.94. The van der Waals surface area contributed by atoms with Crippen LogP contribution in [0.2, 0.25) is 0 Å². The van der Waals surface area contributed by atoms with E-state index in [0.717, 1.165) is 37.7 Å². The van der Waals surface area contributed by atoms with Gasteiger partial charge in [-0.25, -0.2) is 0 Å². The molecule has 0 spiro atoms. The topological polar surface area (TPSA) is 167 Å². The van der Waals surface area contributed by atoms with Crippen LogP contribution in [0.25, 0.3) is 21.0 Å². The standard InChI is InChI=1S/C36H38N6O5S/c37-33(43)28(16-22-8-2-1-3-9-22)40-34(44)29(17-23-19-39-27-12-6-4-10-25(23)27)41-35(45)30(42-36(46)31-20-38-14-15-47-31)18-24-21-48-32-13-7-5-11-26(24)32/h1-13,19,21,28-31,38-39H,14-18,20H2,(H2,37,43)(H,40,44)(H,41,45)(H,42,46)/t28-,29+,30+,31+/m0/s1. The Kier molecular flexibility index (Phi) is 10.4. The first kappa shape index (κ1) is 32.9. The van der Waals surface area contributed by atoms with E-state index >= 15 is 0 Å². The number of hydrogen-bond donors (Lipinski definition) is 6. The van der Waals surface area contributed by atoms with Crippen LogP contribution in [-0.4, -0.2) is 72.5 Å². The molecule has 0 unspecified atom stereocenters. The summed E-state index contributed by atoms with van der Waals surface area (Å²) >= 11 is 1.56. The van der Waals surface area contributed by atoms with E-state index in [2.05, 4.69) is 26.3 Å². The number of primary amides is 1. The number of rotatable bonds is 13. The maximum atomic E-state index is 14.2. The SMILES string of the molecule is NC(=O)[C@H](Cc1ccccc1)NC(=O)[C@@H](Cc1c[nH]c2ccccc12)NC(=O)[C@@H](Cc1csc2ccccc12)NC(=O)[C@H]1CNCCO1. The summed E-state index contributed by atoms with van der Waals surface area (Å²) in [6.45, 7) is 1.33. The van der Waals surface area contributed by atoms with Crippen molar-refractivity contribution in [1.29, 1.82) is 0 Å². The highest BCUT2D eigenvalue weighted by atomic mass is 32.1. The van der Waals surface area contributed by atoms with E-state index in [1.807, 2.05) is 84.2 Å². The van der Waals surface area contributed by atoms with Crippen molar-refractivity contribution in [3.8, 4) is 0 Å². The van der Waals surface area contributed by atoms with Crippen LogP contribution in [-0.2, 0) is 43.2 Å². The molecule has 0 saturated carbocycles. The summed E-state index contributed by atoms with van der Waals surface area (Å²) in [6.07, 6.45) is 1.55. The zero-order chi connectivity index (χ0) is 33.5. The van der Waals surface area contributed by atoms with Crippen LogP contribution < -0.4 is 27.0 Å². The molecule has 0 radical (unpaired) electrons. The van der Waals surface area contributed by atoms with Crippen LogP contribution in [0, 0.1) is 0 Å². The number of nitrogens with two attached hydrogens (primary N) is 1. The van der Waals surface area contributed by atoms with Gasteiger partial charge in [-0.05, 0) is 39.6 Å². The predicted molar refractivity (Wildman–Crippen MR) is 185 cm³/mol. The number of benzene rings is 3. The lowest BCUT2D eigenvalue weighted by atomic mass is 10.0. The lowest BCUT2D eigenvalue weighted by Gasteiger charge is -2.27. The van der Waals surface area contributed by atoms with E-state index in [1.165, 1.54) is 0 Å². The van der Waals surface area contributed by atoms with Crippen molar-refractivity contribution in [1.82, 2.24) is 26.3 Å². The van der Waals surface area contributed by atoms with Gasteiger partial charge < -0.3 is 36.7 Å². The Hall–Kier alpha value is -5.04. The molecule has 4 atom stereocenters. The first-order valence-corrected chi connectivity index (χ1v) is 16.8. The van der Waals surface area contributed by atoms with Gasteiger partial charge in [0.1, 0.15) is 24.2 Å². The van der Waals surface area contributed by atoms with Crippen molar-refractivity contribution < 1.29 is 23.9 Å². The molecule has 1 aliphatic rings. The minimum atomic E-state index is -1.10. The van der Waals surface area contributed by atoms with Crippen molar-refractivity contribution in [2.24, 2.45) is 5.73 Å². The minimum Gasteiger partial charge on any atom is -0.368 e. The van der Waals surface area contributed by atoms with Gasteiger partial charge in [-0.2, -0.15) is 0 Å². The van der Waals surface area contributed by atoms with E-state index in [9.17, 15) is 19.2 Å². The van der Waals surface area contributed by atoms with Gasteiger partial charge in [-0.15, -0.1) is 11.3 Å². The van der Waals surface area contributed by atoms with E-state index in [-0.39, 0.29) is 19.3 Å². The van der Waals surface area contributed by atoms with E-state index in [0.29, 0.717) is 19.7 Å². The molecular formula is C36H38N6O5S. The summed E-state index contributed by atoms with van der Waals surface area (Å²) in [6, 6.07) is 21.6. The molecule has 0 bridgehead atoms. The molecule has 5 aromatic rings. The third-order valence-corrected chi connectivity index (χ3v) is 9.53. The number of fused-ring (bicyclic) bond motifs is 2. The van der Waals surface area contributed by atoms with Gasteiger partial charge in [-0.1, -0.05) is 66.7 Å². The second kappa shape index (κ2) is 15.2. The maximum Gasteiger partial charge on any atom is 0.251 e. The minimum absolute atomic E-state index is 0.121. The Morgan fingerprint density at radius 1 is 0.792 bits per heavy atom. The highest BCUT2D eigenvalue weighted by Crippen LogP contribution is 2.27. The van der Waals surface area contributed by atoms with Crippen LogP contribution in [0.1, 0.15) is 16.7 Å². The average molecular weight is 667 g/mol. The zero-order valence-electron chi connectivity index (χ0n) is 26.2. The number of aromatic nitrogens is 1. The number of carbonyl (C=O) groups excluding carboxylic acids is 4. The molecule has 7 N–H and O–H groups in total. The number of amides is 4. The van der Waals surface area contributed by atoms with Crippen LogP contribution in [0.4, 0.5) is 0 Å². The molecule has 1 saturated heterocycles. The van der Waals surface area contributed by atoms with E-state index < -0.39 is 47.9 Å². The van der Waals surface area contributed by atoms with Gasteiger partial charge in [0, 0.05) is 54.2 Å². The average Bonchev–Trinajstić information content (AvgIpc) is 3.72. The third kappa shape index (κ3) is 7.91. The normalized spacial score (nSPS) is 16.5. The fraction of sp³-hybridized carbons (Fsp3) is 0.278. The van der Waals surface area contributed by atoms with Crippen molar-refractivity contribution in [3.63, 3.8) is 0 Å². The van der Waals surface area contributed by atoms with Crippen molar-refractivity contribution >= 4 is 56.0 Å². The molecule has 48 heavy (non-hydrogen) atoms. The number of ether oxygens (including phenoxy) is 1. The number of para-hydroxylation sites is 1. The fourth-order valence-electron chi connectivity index (χ4n) is 5.97. The van der Waals surface area contributed by atoms with Crippen molar-refractivity contribution in [2.75, 3.05) is 19.7 Å². The Morgan fingerprint density at radius 2 is 1.46 bits per heavy atom. The number of H-pyrrole nitrogens is 1. The Labute approximate surface area is 281 Å². The van der Waals surface area contributed by atoms with Gasteiger partial charge in [-0.3, -0.25) is 19.2 Å². The van der Waals surface area contributed by atoms with E-state index in [1.54, 1.807) is 17.5 Å². The number of morpholine rings is 1. The van der Waals surface area contributed by atoms with Gasteiger partial charge >= 0.3 is 0 Å². The number of thiophene rings is 1. The Morgan fingerprint density at radius 3 is 2.21 bits per heavy atom. The summed E-state index contributed by atoms with van der Waals surface area (Å²) in [4.78, 5) is 57.2. The summed E-state index contributed by atoms with van der Waals surface area (Å²) in [7, 11) is 0. The number of aromatic amines is 1. The molecular weight excluding hydrogens is 629 g/mol. The summed E-state index contributed by atoms with van der Waals surface area (Å²) in [5.41, 5.74) is 9.13. The second-order valence-corrected chi connectivity index (χ2v) is 12.8. The van der Waals surface area contributed by atoms with Gasteiger partial charge in [0.25, 0.3) is 5.91 Å². The summed E-state index contributed by atoms with van der Waals surface area (Å²) in [5.74, 6) is -2.23. The number of nitrogens with one attached hydrogen (secondary N) is 5. The van der Waals surface area contributed by atoms with Crippen molar-refractivity contribution in [3.05, 3.63) is 107 Å². The largest absolute Gasteiger partial charge is 0.368 e. The molecule has 248 valence electrons. The van der Waals surface area contributed by atoms with Crippen LogP contribution in [0.3, 0.4) is 0 Å². The molecule has 11 nitrogen and oxygen atoms in total. The maximum absolute atomic E-state index is 14.2. The first-order chi connectivity index (χ1) is 23.4. The lowest BCUT2D eigenvalue weighted by molar-refractivity contribution is -0.138. The third-order valence-electron chi connectivity index (χ3n) is 8.51. The Balaban J connectivity index is 1.27. The zero-order valence-corrected chi connectivity index (χ0v) is 27.1. The first-order valence-electron chi connectivity index (χ1n) is 15.9. The van der Waals surface area contributed by atoms with Gasteiger partial charge in [0.2, 0.25) is 17.7 Å². The second-order valence-electron chi connectivity index (χ2n) is 11.9. The smallest absolute Gasteiger partial charge is 0.251 e. The summed E-state index contributed by atoms with van der Waals surface area (Å²) in [5, 5.41) is 15.6. The van der Waals surface area contributed by atoms with E-state index in [4.69, 9.17) is 10.5 Å². The molecule has 4 amide bonds. The monoisotopic (exact) mass is 666 g/mol. The van der Waals surface area contributed by atoms with Gasteiger partial charge in [0.15, 0.2) is 0 Å². The molecule has 3 heterocycles. The van der Waals surface area contributed by atoms with Crippen LogP contribution >= 0.6 is 11.3 Å². The molecule has 2 aromatic heterocycles. The highest BCUT2D eigenvalue weighted by molar-refractivity contribution is 7.17. The molecule has 1 fully saturated rings.